The van der Waals surface area contributed by atoms with E-state index in [0.29, 0.717) is 6.42 Å². The lowest BCUT2D eigenvalue weighted by atomic mass is 10.2. The number of likely N-dealkylation sites (N-methyl/N-ethyl adjacent to an activating group) is 1. The average molecular weight is 691 g/mol. The second-order valence-electron chi connectivity index (χ2n) is 11.9. The summed E-state index contributed by atoms with van der Waals surface area (Å²) in [7, 11) is 3.43. The quantitative estimate of drug-likeness (QED) is 0.262. The number of para-hydroxylation sites is 4. The van der Waals surface area contributed by atoms with Crippen LogP contribution in [0.5, 0.6) is 11.5 Å². The van der Waals surface area contributed by atoms with E-state index in [9.17, 15) is 4.79 Å². The molecular formula is C37H58N10O3. The normalized spacial score (nSPS) is 14.4. The number of hydrogen-bond donors (Lipinski definition) is 2. The molecule has 4 aromatic rings. The zero-order chi connectivity index (χ0) is 36.3. The lowest BCUT2D eigenvalue weighted by Gasteiger charge is -2.36. The minimum absolute atomic E-state index is 0.245. The molecule has 0 radical (unpaired) electrons. The Kier molecular flexibility index (Phi) is 17.1. The van der Waals surface area contributed by atoms with Gasteiger partial charge in [0.2, 0.25) is 5.91 Å². The van der Waals surface area contributed by atoms with E-state index in [4.69, 9.17) is 9.47 Å². The van der Waals surface area contributed by atoms with Crippen LogP contribution < -0.4 is 19.3 Å². The molecule has 2 aliphatic heterocycles. The van der Waals surface area contributed by atoms with Crippen molar-refractivity contribution in [3.8, 4) is 11.5 Å². The lowest BCUT2D eigenvalue weighted by Crippen LogP contribution is -2.48. The second-order valence-corrected chi connectivity index (χ2v) is 11.9. The molecule has 13 nitrogen and oxygen atoms in total. The zero-order valence-corrected chi connectivity index (χ0v) is 31.4. The molecule has 274 valence electrons. The molecule has 6 rings (SSSR count). The van der Waals surface area contributed by atoms with Gasteiger partial charge in [-0.3, -0.25) is 9.89 Å². The SMILES string of the molecule is CCC(=O)N1CCN(c2ccccc2OC)CC1.CCN1CCN(c2ccccc2OC)CC1.CCc1n[nH]c(C)n1.CCc1n[nH]nc1C. The fourth-order valence-corrected chi connectivity index (χ4v) is 5.70. The molecular weight excluding hydrogens is 632 g/mol. The highest BCUT2D eigenvalue weighted by atomic mass is 16.5. The Balaban J connectivity index is 0.000000192. The van der Waals surface area contributed by atoms with Crippen molar-refractivity contribution in [1.29, 1.82) is 0 Å². The summed E-state index contributed by atoms with van der Waals surface area (Å²) >= 11 is 0. The predicted octanol–water partition coefficient (Wildman–Crippen LogP) is 4.94. The highest BCUT2D eigenvalue weighted by Gasteiger charge is 2.22. The Morgan fingerprint density at radius 3 is 1.62 bits per heavy atom. The topological polar surface area (TPSA) is 132 Å². The number of carbonyl (C=O) groups excluding carboxylic acids is 1. The van der Waals surface area contributed by atoms with E-state index in [1.54, 1.807) is 14.2 Å². The van der Waals surface area contributed by atoms with Crippen molar-refractivity contribution in [3.63, 3.8) is 0 Å². The van der Waals surface area contributed by atoms with Gasteiger partial charge in [0, 0.05) is 65.2 Å². The van der Waals surface area contributed by atoms with Gasteiger partial charge in [0.05, 0.1) is 37.0 Å². The number of aromatic nitrogens is 6. The Hall–Kier alpha value is -4.65. The number of ether oxygens (including phenoxy) is 2. The number of methoxy groups -OCH3 is 2. The molecule has 4 heterocycles. The number of aryl methyl sites for hydroxylation is 4. The van der Waals surface area contributed by atoms with E-state index in [2.05, 4.69) is 77.3 Å². The van der Waals surface area contributed by atoms with Crippen LogP contribution in [-0.2, 0) is 17.6 Å². The predicted molar refractivity (Wildman–Crippen MR) is 200 cm³/mol. The third kappa shape index (κ3) is 12.0. The minimum atomic E-state index is 0.245. The first-order valence-corrected chi connectivity index (χ1v) is 17.8. The van der Waals surface area contributed by atoms with Gasteiger partial charge in [0.15, 0.2) is 0 Å². The van der Waals surface area contributed by atoms with Crippen LogP contribution in [0, 0.1) is 13.8 Å². The van der Waals surface area contributed by atoms with Gasteiger partial charge in [-0.1, -0.05) is 52.0 Å². The number of hydrogen-bond acceptors (Lipinski definition) is 10. The Labute approximate surface area is 298 Å². The summed E-state index contributed by atoms with van der Waals surface area (Å²) in [5, 5.41) is 17.0. The molecule has 2 aromatic carbocycles. The van der Waals surface area contributed by atoms with Gasteiger partial charge in [-0.25, -0.2) is 4.98 Å². The van der Waals surface area contributed by atoms with Crippen LogP contribution in [0.15, 0.2) is 48.5 Å². The molecule has 13 heteroatoms. The van der Waals surface area contributed by atoms with Crippen molar-refractivity contribution in [2.45, 2.75) is 60.8 Å². The van der Waals surface area contributed by atoms with Crippen molar-refractivity contribution in [2.75, 3.05) is 82.9 Å². The molecule has 0 saturated carbocycles. The van der Waals surface area contributed by atoms with Gasteiger partial charge in [-0.05, 0) is 51.1 Å². The molecule has 0 unspecified atom stereocenters. The largest absolute Gasteiger partial charge is 0.495 e. The van der Waals surface area contributed by atoms with Crippen LogP contribution in [0.25, 0.3) is 0 Å². The zero-order valence-electron chi connectivity index (χ0n) is 31.4. The van der Waals surface area contributed by atoms with Crippen molar-refractivity contribution in [1.82, 2.24) is 40.4 Å². The smallest absolute Gasteiger partial charge is 0.222 e. The standard InChI is InChI=1S/C14H20N2O2.C13H20N2O.2C5H9N3/c1-3-14(17)16-10-8-15(9-11-16)12-6-4-5-7-13(12)18-2;1-3-14-8-10-15(11-9-14)12-6-4-5-7-13(12)16-2;1-3-5-6-4(2)7-8-5;1-3-5-4(2)6-8-7-5/h4-7H,3,8-11H2,1-2H3;4-7H,3,8-11H2,1-2H3;2*3H2,1-2H3,(H,6,7,8). The number of carbonyl (C=O) groups is 1. The number of benzene rings is 2. The van der Waals surface area contributed by atoms with Crippen molar-refractivity contribution < 1.29 is 14.3 Å². The summed E-state index contributed by atoms with van der Waals surface area (Å²) < 4.78 is 10.8. The van der Waals surface area contributed by atoms with Gasteiger partial charge in [-0.15, -0.1) is 0 Å². The molecule has 0 aliphatic carbocycles. The maximum atomic E-state index is 11.6. The van der Waals surface area contributed by atoms with Gasteiger partial charge in [0.1, 0.15) is 23.1 Å². The summed E-state index contributed by atoms with van der Waals surface area (Å²) in [5.74, 6) is 3.90. The van der Waals surface area contributed by atoms with Crippen LogP contribution in [-0.4, -0.2) is 119 Å². The molecule has 2 aliphatic rings. The van der Waals surface area contributed by atoms with Crippen LogP contribution in [0.3, 0.4) is 0 Å². The molecule has 50 heavy (non-hydrogen) atoms. The van der Waals surface area contributed by atoms with E-state index in [0.717, 1.165) is 112 Å². The van der Waals surface area contributed by atoms with Crippen molar-refractivity contribution in [3.05, 3.63) is 71.6 Å². The number of anilines is 2. The number of rotatable bonds is 8. The number of H-pyrrole nitrogens is 2. The molecule has 1 amide bonds. The monoisotopic (exact) mass is 690 g/mol. The fourth-order valence-electron chi connectivity index (χ4n) is 5.70. The highest BCUT2D eigenvalue weighted by Crippen LogP contribution is 2.29. The van der Waals surface area contributed by atoms with Gasteiger partial charge in [0.25, 0.3) is 0 Å². The molecule has 2 saturated heterocycles. The maximum Gasteiger partial charge on any atom is 0.222 e. The van der Waals surface area contributed by atoms with Crippen LogP contribution in [0.4, 0.5) is 11.4 Å². The molecule has 0 atom stereocenters. The van der Waals surface area contributed by atoms with E-state index in [1.807, 2.05) is 62.9 Å². The van der Waals surface area contributed by atoms with Gasteiger partial charge in [-0.2, -0.15) is 20.5 Å². The van der Waals surface area contributed by atoms with Crippen LogP contribution in [0.1, 0.15) is 57.2 Å². The summed E-state index contributed by atoms with van der Waals surface area (Å²) in [6.45, 7) is 21.0. The first kappa shape index (κ1) is 39.8. The summed E-state index contributed by atoms with van der Waals surface area (Å²) in [6.07, 6.45) is 2.46. The molecule has 2 fully saturated rings. The third-order valence-electron chi connectivity index (χ3n) is 8.72. The van der Waals surface area contributed by atoms with Crippen molar-refractivity contribution >= 4 is 17.3 Å². The van der Waals surface area contributed by atoms with Gasteiger partial charge >= 0.3 is 0 Å². The average Bonchev–Trinajstić information content (AvgIpc) is 3.82. The minimum Gasteiger partial charge on any atom is -0.495 e. The number of piperazine rings is 2. The first-order chi connectivity index (χ1) is 24.3. The highest BCUT2D eigenvalue weighted by molar-refractivity contribution is 5.76. The summed E-state index contributed by atoms with van der Waals surface area (Å²) in [4.78, 5) is 24.8. The van der Waals surface area contributed by atoms with Crippen molar-refractivity contribution in [2.24, 2.45) is 0 Å². The number of nitrogens with zero attached hydrogens (tertiary/aromatic N) is 8. The molecule has 0 spiro atoms. The van der Waals surface area contributed by atoms with Crippen LogP contribution >= 0.6 is 0 Å². The van der Waals surface area contributed by atoms with Crippen LogP contribution in [0.2, 0.25) is 0 Å². The number of aromatic amines is 2. The Morgan fingerprint density at radius 1 is 0.720 bits per heavy atom. The fraction of sp³-hybridized carbons (Fsp3) is 0.541. The third-order valence-corrected chi connectivity index (χ3v) is 8.72. The first-order valence-electron chi connectivity index (χ1n) is 17.8. The second kappa shape index (κ2) is 21.4. The number of amides is 1. The summed E-state index contributed by atoms with van der Waals surface area (Å²) in [6, 6.07) is 16.3. The van der Waals surface area contributed by atoms with Gasteiger partial charge < -0.3 is 29.1 Å². The van der Waals surface area contributed by atoms with E-state index in [1.165, 1.54) is 5.69 Å². The maximum absolute atomic E-state index is 11.6. The molecule has 0 bridgehead atoms. The van der Waals surface area contributed by atoms with E-state index in [-0.39, 0.29) is 5.91 Å². The van der Waals surface area contributed by atoms with E-state index >= 15 is 0 Å². The number of nitrogens with one attached hydrogen (secondary N) is 2. The molecule has 2 aromatic heterocycles. The Morgan fingerprint density at radius 2 is 1.26 bits per heavy atom. The summed E-state index contributed by atoms with van der Waals surface area (Å²) in [5.41, 5.74) is 4.40. The Bertz CT molecular complexity index is 1520. The lowest BCUT2D eigenvalue weighted by molar-refractivity contribution is -0.131. The van der Waals surface area contributed by atoms with E-state index < -0.39 is 0 Å². The molecule has 2 N–H and O–H groups in total.